The summed E-state index contributed by atoms with van der Waals surface area (Å²) in [7, 11) is 0. The van der Waals surface area contributed by atoms with Crippen LogP contribution in [0.15, 0.2) is 18.2 Å². The fraction of sp³-hybridized carbons (Fsp3) is 0. The molecule has 68 valence electrons. The average Bonchev–Trinajstić information content (AvgIpc) is 2.01. The van der Waals surface area contributed by atoms with Crippen molar-refractivity contribution in [2.45, 2.75) is 0 Å². The van der Waals surface area contributed by atoms with Crippen molar-refractivity contribution in [1.82, 2.24) is 0 Å². The minimum absolute atomic E-state index is 0. The summed E-state index contributed by atoms with van der Waals surface area (Å²) in [5, 5.41) is 7.95. The van der Waals surface area contributed by atoms with Gasteiger partial charge >= 0.3 is 58.4 Å². The Morgan fingerprint density at radius 2 is 1.86 bits per heavy atom. The zero-order chi connectivity index (χ0) is 10.1. The van der Waals surface area contributed by atoms with E-state index in [4.69, 9.17) is 16.9 Å². The molecule has 1 nitrogen and oxygen atoms in total. The summed E-state index contributed by atoms with van der Waals surface area (Å²) in [6.45, 7) is -5.09. The van der Waals surface area contributed by atoms with E-state index >= 15 is 0 Å². The summed E-state index contributed by atoms with van der Waals surface area (Å²) in [6.07, 6.45) is 0. The van der Waals surface area contributed by atoms with Crippen LogP contribution in [0, 0.1) is 11.3 Å². The maximum atomic E-state index is 12.2. The zero-order valence-electron chi connectivity index (χ0n) is 7.27. The zero-order valence-corrected chi connectivity index (χ0v) is 11.1. The Labute approximate surface area is 127 Å². The van der Waals surface area contributed by atoms with Gasteiger partial charge in [-0.1, -0.05) is 23.1 Å². The van der Waals surface area contributed by atoms with Crippen molar-refractivity contribution in [3.8, 4) is 6.07 Å². The Kier molecular flexibility index (Phi) is 5.74. The Bertz CT molecular complexity index is 374. The van der Waals surface area contributed by atoms with E-state index in [0.29, 0.717) is 0 Å². The van der Waals surface area contributed by atoms with E-state index in [0.717, 1.165) is 18.2 Å². The molecular formula is C7H3BClF3KN. The van der Waals surface area contributed by atoms with Gasteiger partial charge in [-0.15, -0.1) is 0 Å². The van der Waals surface area contributed by atoms with Crippen molar-refractivity contribution in [1.29, 1.82) is 5.26 Å². The van der Waals surface area contributed by atoms with Crippen LogP contribution in [0.5, 0.6) is 0 Å². The van der Waals surface area contributed by atoms with E-state index in [1.807, 2.05) is 0 Å². The third kappa shape index (κ3) is 3.57. The van der Waals surface area contributed by atoms with Gasteiger partial charge in [0.1, 0.15) is 0 Å². The van der Waals surface area contributed by atoms with E-state index in [1.165, 1.54) is 0 Å². The molecule has 0 heterocycles. The molecule has 0 radical (unpaired) electrons. The van der Waals surface area contributed by atoms with Gasteiger partial charge < -0.3 is 12.9 Å². The average molecular weight is 243 g/mol. The van der Waals surface area contributed by atoms with Crippen molar-refractivity contribution in [2.24, 2.45) is 0 Å². The first-order chi connectivity index (χ1) is 5.95. The fourth-order valence-electron chi connectivity index (χ4n) is 0.862. The number of nitriles is 1. The molecule has 0 aromatic heterocycles. The molecule has 0 atom stereocenters. The van der Waals surface area contributed by atoms with Crippen LogP contribution in [0.4, 0.5) is 12.9 Å². The van der Waals surface area contributed by atoms with Crippen LogP contribution >= 0.6 is 11.6 Å². The van der Waals surface area contributed by atoms with Gasteiger partial charge in [0.25, 0.3) is 0 Å². The molecule has 0 amide bonds. The van der Waals surface area contributed by atoms with E-state index in [2.05, 4.69) is 0 Å². The minimum atomic E-state index is -5.09. The fourth-order valence-corrected chi connectivity index (χ4v) is 1.17. The summed E-state index contributed by atoms with van der Waals surface area (Å²) >= 11 is 5.34. The molecule has 0 bridgehead atoms. The molecular weight excluding hydrogens is 240 g/mol. The summed E-state index contributed by atoms with van der Waals surface area (Å²) in [6, 6.07) is 4.62. The molecule has 1 rings (SSSR count). The molecule has 0 N–H and O–H groups in total. The molecule has 1 aromatic rings. The third-order valence-electron chi connectivity index (χ3n) is 1.48. The Balaban J connectivity index is 0.00000169. The largest absolute Gasteiger partial charge is 1.00 e. The van der Waals surface area contributed by atoms with Gasteiger partial charge in [0.15, 0.2) is 0 Å². The van der Waals surface area contributed by atoms with Crippen LogP contribution in [0.25, 0.3) is 0 Å². The second kappa shape index (κ2) is 5.54. The van der Waals surface area contributed by atoms with Crippen molar-refractivity contribution in [2.75, 3.05) is 0 Å². The van der Waals surface area contributed by atoms with Gasteiger partial charge in [-0.05, 0) is 12.1 Å². The molecule has 0 aliphatic heterocycles. The van der Waals surface area contributed by atoms with Gasteiger partial charge in [-0.25, -0.2) is 0 Å². The molecule has 0 aliphatic rings. The predicted molar refractivity (Wildman–Crippen MR) is 44.9 cm³/mol. The second-order valence-corrected chi connectivity index (χ2v) is 2.83. The standard InChI is InChI=1S/C7H3BClF3N.K/c9-7-3-5(4-13)1-2-6(7)8(10,11)12;/h1-3H;/q-1;+1. The smallest absolute Gasteiger partial charge is 0.445 e. The quantitative estimate of drug-likeness (QED) is 0.597. The van der Waals surface area contributed by atoms with Gasteiger partial charge in [0, 0.05) is 5.02 Å². The van der Waals surface area contributed by atoms with E-state index in [-0.39, 0.29) is 56.9 Å². The monoisotopic (exact) mass is 243 g/mol. The van der Waals surface area contributed by atoms with E-state index < -0.39 is 17.5 Å². The predicted octanol–water partition coefficient (Wildman–Crippen LogP) is -0.730. The molecule has 7 heteroatoms. The first kappa shape index (κ1) is 14.5. The Morgan fingerprint density at radius 3 is 2.21 bits per heavy atom. The first-order valence-corrected chi connectivity index (χ1v) is 3.72. The number of rotatable bonds is 1. The molecule has 0 aliphatic carbocycles. The maximum absolute atomic E-state index is 12.2. The van der Waals surface area contributed by atoms with Crippen LogP contribution in [-0.2, 0) is 0 Å². The minimum Gasteiger partial charge on any atom is -0.445 e. The number of hydrogen-bond acceptors (Lipinski definition) is 1. The number of benzene rings is 1. The van der Waals surface area contributed by atoms with Crippen LogP contribution < -0.4 is 56.8 Å². The van der Waals surface area contributed by atoms with Gasteiger partial charge in [-0.3, -0.25) is 0 Å². The van der Waals surface area contributed by atoms with Crippen LogP contribution in [0.3, 0.4) is 0 Å². The Morgan fingerprint density at radius 1 is 1.29 bits per heavy atom. The number of hydrogen-bond donors (Lipinski definition) is 0. The number of halogens is 4. The maximum Gasteiger partial charge on any atom is 1.00 e. The van der Waals surface area contributed by atoms with Gasteiger partial charge in [0.05, 0.1) is 11.6 Å². The van der Waals surface area contributed by atoms with Gasteiger partial charge in [0.2, 0.25) is 0 Å². The molecule has 1 aromatic carbocycles. The van der Waals surface area contributed by atoms with Crippen LogP contribution in [0.1, 0.15) is 5.56 Å². The van der Waals surface area contributed by atoms with Crippen LogP contribution in [0.2, 0.25) is 5.02 Å². The molecule has 0 unspecified atom stereocenters. The summed E-state index contributed by atoms with van der Waals surface area (Å²) in [5.74, 6) is 0. The second-order valence-electron chi connectivity index (χ2n) is 2.42. The summed E-state index contributed by atoms with van der Waals surface area (Å²) in [4.78, 5) is 0. The van der Waals surface area contributed by atoms with E-state index in [9.17, 15) is 12.9 Å². The van der Waals surface area contributed by atoms with E-state index in [1.54, 1.807) is 6.07 Å². The normalized spacial score (nSPS) is 10.2. The topological polar surface area (TPSA) is 23.8 Å². The molecule has 0 fully saturated rings. The molecule has 14 heavy (non-hydrogen) atoms. The summed E-state index contributed by atoms with van der Waals surface area (Å²) < 4.78 is 36.5. The molecule has 0 spiro atoms. The van der Waals surface area contributed by atoms with Crippen molar-refractivity contribution in [3.63, 3.8) is 0 Å². The molecule has 0 saturated carbocycles. The third-order valence-corrected chi connectivity index (χ3v) is 1.81. The summed E-state index contributed by atoms with van der Waals surface area (Å²) in [5.41, 5.74) is -0.741. The van der Waals surface area contributed by atoms with Crippen molar-refractivity contribution >= 4 is 24.0 Å². The van der Waals surface area contributed by atoms with Gasteiger partial charge in [-0.2, -0.15) is 5.26 Å². The number of nitrogens with zero attached hydrogens (tertiary/aromatic N) is 1. The Hall–Kier alpha value is 0.491. The first-order valence-electron chi connectivity index (χ1n) is 3.34. The van der Waals surface area contributed by atoms with Crippen molar-refractivity contribution in [3.05, 3.63) is 28.8 Å². The SMILES string of the molecule is N#Cc1ccc([B-](F)(F)F)c(Cl)c1.[K+]. The molecule has 0 saturated heterocycles. The van der Waals surface area contributed by atoms with Crippen molar-refractivity contribution < 1.29 is 64.3 Å². The van der Waals surface area contributed by atoms with Crippen LogP contribution in [-0.4, -0.2) is 6.98 Å².